The van der Waals surface area contributed by atoms with Crippen LogP contribution in [0, 0.1) is 22.7 Å². The van der Waals surface area contributed by atoms with Crippen LogP contribution in [0.1, 0.15) is 64.7 Å². The molecule has 2 aliphatic rings. The highest BCUT2D eigenvalue weighted by atomic mass is 16.3. The molecule has 0 aromatic heterocycles. The Bertz CT molecular complexity index is 361. The molecule has 0 aromatic carbocycles. The van der Waals surface area contributed by atoms with Gasteiger partial charge in [0.05, 0.1) is 17.1 Å². The van der Waals surface area contributed by atoms with Gasteiger partial charge >= 0.3 is 0 Å². The number of Topliss-reactive ketones (excluding diaryl/α,β-unsaturated/α-hetero) is 1. The van der Waals surface area contributed by atoms with Gasteiger partial charge in [-0.15, -0.1) is 0 Å². The highest BCUT2D eigenvalue weighted by Gasteiger charge is 2.53. The fourth-order valence-electron chi connectivity index (χ4n) is 3.79. The van der Waals surface area contributed by atoms with Crippen molar-refractivity contribution in [1.29, 1.82) is 5.26 Å². The number of hydrogen-bond donors (Lipinski definition) is 1. The number of hydrogen-bond acceptors (Lipinski definition) is 3. The fourth-order valence-corrected chi connectivity index (χ4v) is 3.79. The van der Waals surface area contributed by atoms with E-state index in [1.165, 1.54) is 6.42 Å². The van der Waals surface area contributed by atoms with Crippen molar-refractivity contribution in [2.45, 2.75) is 70.3 Å². The number of rotatable bonds is 2. The molecule has 1 N–H and O–H groups in total. The molecule has 18 heavy (non-hydrogen) atoms. The maximum atomic E-state index is 11.4. The minimum Gasteiger partial charge on any atom is -0.388 e. The lowest BCUT2D eigenvalue weighted by Crippen LogP contribution is -2.52. The van der Waals surface area contributed by atoms with Gasteiger partial charge in [0.2, 0.25) is 0 Å². The second-order valence-corrected chi connectivity index (χ2v) is 6.13. The van der Waals surface area contributed by atoms with Gasteiger partial charge in [-0.3, -0.25) is 4.79 Å². The van der Waals surface area contributed by atoms with Crippen LogP contribution in [0.2, 0.25) is 0 Å². The van der Waals surface area contributed by atoms with Crippen LogP contribution in [0.3, 0.4) is 0 Å². The zero-order chi connectivity index (χ0) is 13.2. The third kappa shape index (κ3) is 2.19. The van der Waals surface area contributed by atoms with E-state index in [4.69, 9.17) is 0 Å². The summed E-state index contributed by atoms with van der Waals surface area (Å²) >= 11 is 0. The Kier molecular flexibility index (Phi) is 3.77. The third-order valence-corrected chi connectivity index (χ3v) is 5.17. The molecule has 3 nitrogen and oxygen atoms in total. The van der Waals surface area contributed by atoms with Crippen molar-refractivity contribution < 1.29 is 9.90 Å². The molecule has 2 unspecified atom stereocenters. The summed E-state index contributed by atoms with van der Waals surface area (Å²) in [4.78, 5) is 11.4. The Balaban J connectivity index is 2.21. The molecule has 0 spiro atoms. The van der Waals surface area contributed by atoms with Gasteiger partial charge in [0, 0.05) is 12.8 Å². The van der Waals surface area contributed by atoms with Gasteiger partial charge in [-0.1, -0.05) is 26.2 Å². The van der Waals surface area contributed by atoms with Crippen molar-refractivity contribution in [3.05, 3.63) is 0 Å². The molecular weight excluding hydrogens is 226 g/mol. The van der Waals surface area contributed by atoms with Gasteiger partial charge in [-0.05, 0) is 31.6 Å². The first-order valence-electron chi connectivity index (χ1n) is 7.20. The molecule has 0 heterocycles. The predicted octanol–water partition coefficient (Wildman–Crippen LogP) is 2.97. The Hall–Kier alpha value is -0.880. The molecule has 2 rings (SSSR count). The number of nitriles is 1. The lowest BCUT2D eigenvalue weighted by atomic mass is 9.57. The normalized spacial score (nSPS) is 36.1. The molecule has 0 radical (unpaired) electrons. The fraction of sp³-hybridized carbons (Fsp3) is 0.867. The van der Waals surface area contributed by atoms with Crippen molar-refractivity contribution in [2.75, 3.05) is 0 Å². The van der Waals surface area contributed by atoms with Crippen LogP contribution in [0.25, 0.3) is 0 Å². The minimum absolute atomic E-state index is 0.232. The Morgan fingerprint density at radius 3 is 2.61 bits per heavy atom. The largest absolute Gasteiger partial charge is 0.388 e. The summed E-state index contributed by atoms with van der Waals surface area (Å²) in [6.07, 6.45) is 6.74. The molecule has 2 aliphatic carbocycles. The smallest absolute Gasteiger partial charge is 0.133 e. The monoisotopic (exact) mass is 249 g/mol. The minimum atomic E-state index is -0.927. The molecular formula is C15H23NO2. The quantitative estimate of drug-likeness (QED) is 0.818. The lowest BCUT2D eigenvalue weighted by Gasteiger charge is -2.48. The van der Waals surface area contributed by atoms with Crippen LogP contribution in [-0.2, 0) is 4.79 Å². The maximum absolute atomic E-state index is 11.4. The van der Waals surface area contributed by atoms with E-state index in [0.29, 0.717) is 31.6 Å². The van der Waals surface area contributed by atoms with E-state index in [-0.39, 0.29) is 5.78 Å². The Morgan fingerprint density at radius 2 is 2.06 bits per heavy atom. The van der Waals surface area contributed by atoms with Crippen LogP contribution in [-0.4, -0.2) is 16.5 Å². The summed E-state index contributed by atoms with van der Waals surface area (Å²) in [5.41, 5.74) is -1.53. The molecule has 0 aromatic rings. The van der Waals surface area contributed by atoms with E-state index in [2.05, 4.69) is 13.0 Å². The van der Waals surface area contributed by atoms with E-state index in [1.807, 2.05) is 0 Å². The zero-order valence-electron chi connectivity index (χ0n) is 11.2. The second-order valence-electron chi connectivity index (χ2n) is 6.13. The van der Waals surface area contributed by atoms with Gasteiger partial charge < -0.3 is 5.11 Å². The molecule has 0 bridgehead atoms. The molecule has 2 fully saturated rings. The van der Waals surface area contributed by atoms with Crippen LogP contribution in [0.4, 0.5) is 0 Å². The van der Waals surface area contributed by atoms with E-state index in [1.54, 1.807) is 0 Å². The summed E-state index contributed by atoms with van der Waals surface area (Å²) < 4.78 is 0. The molecule has 100 valence electrons. The highest BCUT2D eigenvalue weighted by Crippen LogP contribution is 2.52. The zero-order valence-corrected chi connectivity index (χ0v) is 11.2. The summed E-state index contributed by atoms with van der Waals surface area (Å²) in [6, 6.07) is 2.45. The van der Waals surface area contributed by atoms with E-state index in [9.17, 15) is 15.2 Å². The maximum Gasteiger partial charge on any atom is 0.133 e. The first kappa shape index (κ1) is 13.5. The Morgan fingerprint density at radius 1 is 1.39 bits per heavy atom. The molecule has 2 atom stereocenters. The molecule has 0 aliphatic heterocycles. The van der Waals surface area contributed by atoms with Crippen molar-refractivity contribution in [2.24, 2.45) is 11.3 Å². The lowest BCUT2D eigenvalue weighted by molar-refractivity contribution is -0.137. The van der Waals surface area contributed by atoms with E-state index < -0.39 is 11.0 Å². The van der Waals surface area contributed by atoms with Gasteiger partial charge in [-0.25, -0.2) is 0 Å². The van der Waals surface area contributed by atoms with Crippen molar-refractivity contribution >= 4 is 5.78 Å². The van der Waals surface area contributed by atoms with Gasteiger partial charge in [0.15, 0.2) is 0 Å². The van der Waals surface area contributed by atoms with Crippen LogP contribution in [0.5, 0.6) is 0 Å². The second kappa shape index (κ2) is 5.01. The van der Waals surface area contributed by atoms with Gasteiger partial charge in [0.1, 0.15) is 5.78 Å². The predicted molar refractivity (Wildman–Crippen MR) is 68.7 cm³/mol. The van der Waals surface area contributed by atoms with E-state index in [0.717, 1.165) is 25.7 Å². The summed E-state index contributed by atoms with van der Waals surface area (Å²) in [6.45, 7) is 2.16. The van der Waals surface area contributed by atoms with Crippen LogP contribution in [0.15, 0.2) is 0 Å². The summed E-state index contributed by atoms with van der Waals surface area (Å²) in [7, 11) is 0. The highest BCUT2D eigenvalue weighted by molar-refractivity contribution is 5.79. The molecule has 2 saturated carbocycles. The standard InChI is InChI=1S/C15H23NO2/c1-2-12-4-3-7-14(10-12,11-16)15(18)8-5-13(17)6-9-15/h12,18H,2-10H2,1H3. The van der Waals surface area contributed by atoms with Gasteiger partial charge in [-0.2, -0.15) is 5.26 Å². The van der Waals surface area contributed by atoms with E-state index >= 15 is 0 Å². The average molecular weight is 249 g/mol. The summed E-state index contributed by atoms with van der Waals surface area (Å²) in [5, 5.41) is 20.5. The molecule has 0 saturated heterocycles. The topological polar surface area (TPSA) is 61.1 Å². The number of carbonyl (C=O) groups is 1. The van der Waals surface area contributed by atoms with Crippen LogP contribution >= 0.6 is 0 Å². The SMILES string of the molecule is CCC1CCCC(C#N)(C2(O)CCC(=O)CC2)C1. The number of nitrogens with zero attached hydrogens (tertiary/aromatic N) is 1. The average Bonchev–Trinajstić information content (AvgIpc) is 2.42. The third-order valence-electron chi connectivity index (χ3n) is 5.17. The Labute approximate surface area is 109 Å². The number of aliphatic hydroxyl groups is 1. The van der Waals surface area contributed by atoms with Crippen LogP contribution < -0.4 is 0 Å². The van der Waals surface area contributed by atoms with Crippen molar-refractivity contribution in [3.63, 3.8) is 0 Å². The van der Waals surface area contributed by atoms with Crippen molar-refractivity contribution in [3.8, 4) is 6.07 Å². The molecule has 0 amide bonds. The number of ketones is 1. The van der Waals surface area contributed by atoms with Gasteiger partial charge in [0.25, 0.3) is 0 Å². The molecule has 3 heteroatoms. The number of carbonyl (C=O) groups excluding carboxylic acids is 1. The first-order valence-corrected chi connectivity index (χ1v) is 7.20. The van der Waals surface area contributed by atoms with Crippen molar-refractivity contribution in [1.82, 2.24) is 0 Å². The first-order chi connectivity index (χ1) is 8.55. The summed E-state index contributed by atoms with van der Waals surface area (Å²) in [5.74, 6) is 0.788.